The largest absolute Gasteiger partial charge is 0.478 e. The van der Waals surface area contributed by atoms with Crippen LogP contribution in [0.1, 0.15) is 25.7 Å². The van der Waals surface area contributed by atoms with Crippen LogP contribution in [0.15, 0.2) is 24.4 Å². The molecule has 0 unspecified atom stereocenters. The molecule has 0 amide bonds. The molecule has 2 aliphatic rings. The molecule has 7 heteroatoms. The third-order valence-corrected chi connectivity index (χ3v) is 6.29. The minimum absolute atomic E-state index is 0.172. The zero-order chi connectivity index (χ0) is 16.3. The van der Waals surface area contributed by atoms with Crippen LogP contribution in [0.4, 0.5) is 0 Å². The van der Waals surface area contributed by atoms with Gasteiger partial charge in [-0.05, 0) is 37.7 Å². The number of hydrogen-bond acceptors (Lipinski definition) is 5. The maximum atomic E-state index is 11.7. The summed E-state index contributed by atoms with van der Waals surface area (Å²) in [6.45, 7) is 2.47. The molecule has 0 bridgehead atoms. The van der Waals surface area contributed by atoms with Gasteiger partial charge in [0.1, 0.15) is 0 Å². The van der Waals surface area contributed by atoms with Crippen molar-refractivity contribution in [3.63, 3.8) is 0 Å². The van der Waals surface area contributed by atoms with Gasteiger partial charge in [0.15, 0.2) is 0 Å². The summed E-state index contributed by atoms with van der Waals surface area (Å²) >= 11 is 0. The van der Waals surface area contributed by atoms with E-state index in [1.54, 1.807) is 10.5 Å². The molecule has 128 valence electrons. The number of aromatic nitrogens is 1. The molecule has 1 atom stereocenters. The predicted octanol–water partition coefficient (Wildman–Crippen LogP) is 1.68. The quantitative estimate of drug-likeness (QED) is 0.816. The first kappa shape index (κ1) is 16.7. The summed E-state index contributed by atoms with van der Waals surface area (Å²) in [5.74, 6) is 1.07. The lowest BCUT2D eigenvalue weighted by Crippen LogP contribution is -2.49. The summed E-state index contributed by atoms with van der Waals surface area (Å²) in [7, 11) is -3.10. The highest BCUT2D eigenvalue weighted by molar-refractivity contribution is 7.88. The van der Waals surface area contributed by atoms with Gasteiger partial charge in [-0.3, -0.25) is 0 Å². The first-order valence-corrected chi connectivity index (χ1v) is 9.97. The van der Waals surface area contributed by atoms with E-state index in [2.05, 4.69) is 4.98 Å². The van der Waals surface area contributed by atoms with Crippen LogP contribution in [0.2, 0.25) is 0 Å². The maximum Gasteiger partial charge on any atom is 0.213 e. The van der Waals surface area contributed by atoms with Gasteiger partial charge in [-0.15, -0.1) is 0 Å². The Labute approximate surface area is 137 Å². The fourth-order valence-corrected chi connectivity index (χ4v) is 4.53. The molecule has 3 rings (SSSR count). The van der Waals surface area contributed by atoms with Crippen LogP contribution in [-0.4, -0.2) is 55.9 Å². The monoisotopic (exact) mass is 340 g/mol. The van der Waals surface area contributed by atoms with Crippen molar-refractivity contribution in [3.8, 4) is 5.88 Å². The van der Waals surface area contributed by atoms with Crippen molar-refractivity contribution in [1.29, 1.82) is 0 Å². The highest BCUT2D eigenvalue weighted by Gasteiger charge is 2.46. The number of nitrogens with zero attached hydrogens (tertiary/aromatic N) is 2. The first-order valence-electron chi connectivity index (χ1n) is 8.12. The van der Waals surface area contributed by atoms with Gasteiger partial charge < -0.3 is 9.47 Å². The summed E-state index contributed by atoms with van der Waals surface area (Å²) in [6.07, 6.45) is 6.47. The lowest BCUT2D eigenvalue weighted by Gasteiger charge is -2.41. The second-order valence-electron chi connectivity index (χ2n) is 6.37. The summed E-state index contributed by atoms with van der Waals surface area (Å²) in [5, 5.41) is 0. The third-order valence-electron chi connectivity index (χ3n) is 4.99. The topological polar surface area (TPSA) is 68.7 Å². The Morgan fingerprint density at radius 1 is 1.39 bits per heavy atom. The van der Waals surface area contributed by atoms with Crippen LogP contribution in [0.3, 0.4) is 0 Å². The van der Waals surface area contributed by atoms with E-state index >= 15 is 0 Å². The van der Waals surface area contributed by atoms with Crippen LogP contribution >= 0.6 is 0 Å². The average molecular weight is 340 g/mol. The van der Waals surface area contributed by atoms with Crippen LogP contribution in [0, 0.1) is 5.92 Å². The smallest absolute Gasteiger partial charge is 0.213 e. The molecule has 2 saturated heterocycles. The highest BCUT2D eigenvalue weighted by atomic mass is 32.2. The molecule has 0 aliphatic carbocycles. The molecule has 0 radical (unpaired) electrons. The molecule has 0 saturated carbocycles. The molecule has 1 aromatic rings. The summed E-state index contributed by atoms with van der Waals surface area (Å²) < 4.78 is 36.6. The molecule has 6 nitrogen and oxygen atoms in total. The number of pyridine rings is 1. The fourth-order valence-electron chi connectivity index (χ4n) is 3.68. The van der Waals surface area contributed by atoms with Crippen molar-refractivity contribution in [2.45, 2.75) is 31.3 Å². The van der Waals surface area contributed by atoms with Gasteiger partial charge >= 0.3 is 0 Å². The Morgan fingerprint density at radius 2 is 2.17 bits per heavy atom. The van der Waals surface area contributed by atoms with Gasteiger partial charge in [-0.2, -0.15) is 0 Å². The normalized spacial score (nSPS) is 24.8. The zero-order valence-corrected chi connectivity index (χ0v) is 14.3. The van der Waals surface area contributed by atoms with Gasteiger partial charge in [0.2, 0.25) is 15.9 Å². The van der Waals surface area contributed by atoms with Crippen molar-refractivity contribution in [1.82, 2.24) is 9.29 Å². The van der Waals surface area contributed by atoms with E-state index in [1.165, 1.54) is 6.26 Å². The molecule has 0 aromatic carbocycles. The first-order chi connectivity index (χ1) is 11.0. The minimum Gasteiger partial charge on any atom is -0.478 e. The molecule has 0 N–H and O–H groups in total. The third kappa shape index (κ3) is 3.84. The lowest BCUT2D eigenvalue weighted by molar-refractivity contribution is -0.0588. The number of hydrogen-bond donors (Lipinski definition) is 0. The van der Waals surface area contributed by atoms with Gasteiger partial charge in [0.05, 0.1) is 18.5 Å². The predicted molar refractivity (Wildman–Crippen MR) is 86.8 cm³/mol. The van der Waals surface area contributed by atoms with Crippen molar-refractivity contribution < 1.29 is 17.9 Å². The second kappa shape index (κ2) is 6.75. The average Bonchev–Trinajstić information content (AvgIpc) is 2.90. The standard InChI is InChI=1S/C16H24N2O4S/c1-23(19,20)18-10-7-16(8-11-18)14(6-13-22-16)5-12-21-15-4-2-3-9-17-15/h2-4,9,14H,5-8,10-13H2,1H3/t14-/m1/s1. The van der Waals surface area contributed by atoms with Crippen molar-refractivity contribution >= 4 is 10.0 Å². The number of rotatable bonds is 5. The van der Waals surface area contributed by atoms with E-state index < -0.39 is 10.0 Å². The minimum atomic E-state index is -3.10. The molecule has 2 aliphatic heterocycles. The molecule has 23 heavy (non-hydrogen) atoms. The Bertz CT molecular complexity index is 612. The van der Waals surface area contributed by atoms with Crippen molar-refractivity contribution in [3.05, 3.63) is 24.4 Å². The Balaban J connectivity index is 1.54. The van der Waals surface area contributed by atoms with E-state index in [1.807, 2.05) is 18.2 Å². The van der Waals surface area contributed by atoms with Crippen molar-refractivity contribution in [2.75, 3.05) is 32.6 Å². The Morgan fingerprint density at radius 3 is 2.83 bits per heavy atom. The van der Waals surface area contributed by atoms with E-state index in [9.17, 15) is 8.42 Å². The number of piperidine rings is 1. The second-order valence-corrected chi connectivity index (χ2v) is 8.35. The zero-order valence-electron chi connectivity index (χ0n) is 13.5. The molecular formula is C16H24N2O4S. The van der Waals surface area contributed by atoms with Crippen LogP contribution < -0.4 is 4.74 Å². The fraction of sp³-hybridized carbons (Fsp3) is 0.688. The molecule has 2 fully saturated rings. The van der Waals surface area contributed by atoms with Gasteiger partial charge in [0.25, 0.3) is 0 Å². The molecule has 1 spiro atoms. The van der Waals surface area contributed by atoms with E-state index in [-0.39, 0.29) is 5.60 Å². The van der Waals surface area contributed by atoms with Crippen molar-refractivity contribution in [2.24, 2.45) is 5.92 Å². The molecular weight excluding hydrogens is 316 g/mol. The highest BCUT2D eigenvalue weighted by Crippen LogP contribution is 2.42. The van der Waals surface area contributed by atoms with Crippen LogP contribution in [0.25, 0.3) is 0 Å². The van der Waals surface area contributed by atoms with Gasteiger partial charge in [-0.1, -0.05) is 6.07 Å². The Kier molecular flexibility index (Phi) is 4.89. The molecule has 1 aromatic heterocycles. The SMILES string of the molecule is CS(=O)(=O)N1CCC2(CC1)OCC[C@H]2CCOc1ccccn1. The number of sulfonamides is 1. The number of ether oxygens (including phenoxy) is 2. The van der Waals surface area contributed by atoms with Gasteiger partial charge in [-0.25, -0.2) is 17.7 Å². The van der Waals surface area contributed by atoms with E-state index in [4.69, 9.17) is 9.47 Å². The molecule has 3 heterocycles. The van der Waals surface area contributed by atoms with E-state index in [0.29, 0.717) is 31.5 Å². The lowest BCUT2D eigenvalue weighted by atomic mass is 9.78. The van der Waals surface area contributed by atoms with Crippen LogP contribution in [-0.2, 0) is 14.8 Å². The summed E-state index contributed by atoms with van der Waals surface area (Å²) in [4.78, 5) is 4.16. The Hall–Kier alpha value is -1.18. The summed E-state index contributed by atoms with van der Waals surface area (Å²) in [6, 6.07) is 5.62. The van der Waals surface area contributed by atoms with E-state index in [0.717, 1.165) is 32.3 Å². The van der Waals surface area contributed by atoms with Gasteiger partial charge in [0, 0.05) is 32.0 Å². The summed E-state index contributed by atoms with van der Waals surface area (Å²) in [5.41, 5.74) is -0.172. The maximum absolute atomic E-state index is 11.7. The van der Waals surface area contributed by atoms with Crippen LogP contribution in [0.5, 0.6) is 5.88 Å².